The minimum Gasteiger partial charge on any atom is -0.456 e. The van der Waals surface area contributed by atoms with Gasteiger partial charge in [0.2, 0.25) is 0 Å². The van der Waals surface area contributed by atoms with Crippen LogP contribution in [0, 0.1) is 18.3 Å². The number of hydrogen-bond acceptors (Lipinski definition) is 3. The van der Waals surface area contributed by atoms with Crippen LogP contribution < -0.4 is 4.74 Å². The highest BCUT2D eigenvalue weighted by Gasteiger charge is 2.06. The van der Waals surface area contributed by atoms with Gasteiger partial charge in [-0.05, 0) is 42.8 Å². The molecule has 88 valence electrons. The summed E-state index contributed by atoms with van der Waals surface area (Å²) in [5, 5.41) is 8.97. The molecule has 0 saturated carbocycles. The summed E-state index contributed by atoms with van der Waals surface area (Å²) in [6.45, 7) is 1.86. The van der Waals surface area contributed by atoms with Crippen molar-refractivity contribution in [1.29, 1.82) is 5.26 Å². The number of hydrogen-bond donors (Lipinski definition) is 0. The van der Waals surface area contributed by atoms with Crippen LogP contribution in [-0.4, -0.2) is 6.29 Å². The molecule has 0 unspecified atom stereocenters. The standard InChI is InChI=1S/C15H11NO2/c1-11-8-12(10-17)6-7-14(11)18-15-5-3-2-4-13(15)9-16/h2-8,10H,1H3. The van der Waals surface area contributed by atoms with Crippen molar-refractivity contribution in [3.8, 4) is 17.6 Å². The normalized spacial score (nSPS) is 9.56. The van der Waals surface area contributed by atoms with E-state index in [1.54, 1.807) is 36.4 Å². The molecule has 0 saturated heterocycles. The average molecular weight is 237 g/mol. The molecule has 2 aromatic carbocycles. The maximum atomic E-state index is 10.6. The largest absolute Gasteiger partial charge is 0.456 e. The lowest BCUT2D eigenvalue weighted by atomic mass is 10.1. The molecule has 0 aliphatic rings. The second-order valence-corrected chi connectivity index (χ2v) is 3.85. The van der Waals surface area contributed by atoms with Crippen LogP contribution in [0.3, 0.4) is 0 Å². The van der Waals surface area contributed by atoms with Gasteiger partial charge in [-0.15, -0.1) is 0 Å². The fourth-order valence-electron chi connectivity index (χ4n) is 1.63. The van der Waals surface area contributed by atoms with Crippen molar-refractivity contribution in [3.05, 3.63) is 59.2 Å². The van der Waals surface area contributed by atoms with Crippen LogP contribution in [-0.2, 0) is 0 Å². The molecule has 2 aromatic rings. The number of benzene rings is 2. The Hall–Kier alpha value is -2.60. The molecule has 3 nitrogen and oxygen atoms in total. The van der Waals surface area contributed by atoms with E-state index in [2.05, 4.69) is 6.07 Å². The number of aldehydes is 1. The minimum absolute atomic E-state index is 0.483. The number of rotatable bonds is 3. The molecule has 0 fully saturated rings. The molecular formula is C15H11NO2. The van der Waals surface area contributed by atoms with Crippen molar-refractivity contribution in [2.75, 3.05) is 0 Å². The Labute approximate surface area is 105 Å². The molecule has 18 heavy (non-hydrogen) atoms. The van der Waals surface area contributed by atoms with Gasteiger partial charge in [-0.2, -0.15) is 5.26 Å². The summed E-state index contributed by atoms with van der Waals surface area (Å²) in [6, 6.07) is 14.3. The van der Waals surface area contributed by atoms with Crippen molar-refractivity contribution in [1.82, 2.24) is 0 Å². The molecule has 3 heteroatoms. The van der Waals surface area contributed by atoms with E-state index < -0.39 is 0 Å². The van der Waals surface area contributed by atoms with Crippen LogP contribution in [0.4, 0.5) is 0 Å². The molecule has 0 N–H and O–H groups in total. The van der Waals surface area contributed by atoms with Gasteiger partial charge in [0.05, 0.1) is 5.56 Å². The summed E-state index contributed by atoms with van der Waals surface area (Å²) in [5.41, 5.74) is 1.94. The average Bonchev–Trinajstić information content (AvgIpc) is 2.41. The van der Waals surface area contributed by atoms with E-state index in [4.69, 9.17) is 10.00 Å². The van der Waals surface area contributed by atoms with Gasteiger partial charge in [-0.3, -0.25) is 4.79 Å². The first kappa shape index (κ1) is 11.9. The predicted molar refractivity (Wildman–Crippen MR) is 67.8 cm³/mol. The van der Waals surface area contributed by atoms with Gasteiger partial charge in [-0.1, -0.05) is 12.1 Å². The molecule has 0 amide bonds. The summed E-state index contributed by atoms with van der Waals surface area (Å²) < 4.78 is 5.69. The van der Waals surface area contributed by atoms with Crippen LogP contribution in [0.15, 0.2) is 42.5 Å². The summed E-state index contributed by atoms with van der Waals surface area (Å²) in [6.07, 6.45) is 0.792. The van der Waals surface area contributed by atoms with E-state index in [-0.39, 0.29) is 0 Å². The zero-order valence-electron chi connectivity index (χ0n) is 9.88. The monoisotopic (exact) mass is 237 g/mol. The predicted octanol–water partition coefficient (Wildman–Crippen LogP) is 3.47. The lowest BCUT2D eigenvalue weighted by Gasteiger charge is -2.09. The number of carbonyl (C=O) groups excluding carboxylic acids is 1. The van der Waals surface area contributed by atoms with Crippen LogP contribution in [0.2, 0.25) is 0 Å². The van der Waals surface area contributed by atoms with Gasteiger partial charge in [0, 0.05) is 5.56 Å². The molecule has 2 rings (SSSR count). The van der Waals surface area contributed by atoms with Gasteiger partial charge in [0.25, 0.3) is 0 Å². The molecule has 0 radical (unpaired) electrons. The summed E-state index contributed by atoms with van der Waals surface area (Å²) in [5.74, 6) is 1.16. The Kier molecular flexibility index (Phi) is 3.40. The second-order valence-electron chi connectivity index (χ2n) is 3.85. The quantitative estimate of drug-likeness (QED) is 0.768. The summed E-state index contributed by atoms with van der Waals surface area (Å²) >= 11 is 0. The van der Waals surface area contributed by atoms with Crippen LogP contribution in [0.5, 0.6) is 11.5 Å². The zero-order valence-corrected chi connectivity index (χ0v) is 9.88. The third kappa shape index (κ3) is 2.38. The maximum absolute atomic E-state index is 10.6. The van der Waals surface area contributed by atoms with E-state index in [0.717, 1.165) is 11.8 Å². The molecule has 0 aliphatic carbocycles. The molecule has 0 spiro atoms. The second kappa shape index (κ2) is 5.15. The first-order chi connectivity index (χ1) is 8.74. The van der Waals surface area contributed by atoms with E-state index in [1.807, 2.05) is 13.0 Å². The first-order valence-corrected chi connectivity index (χ1v) is 5.47. The minimum atomic E-state index is 0.483. The lowest BCUT2D eigenvalue weighted by Crippen LogP contribution is -1.91. The Morgan fingerprint density at radius 3 is 2.61 bits per heavy atom. The van der Waals surface area contributed by atoms with E-state index in [9.17, 15) is 4.79 Å². The third-order valence-corrected chi connectivity index (χ3v) is 2.56. The molecule has 0 heterocycles. The van der Waals surface area contributed by atoms with Gasteiger partial charge in [-0.25, -0.2) is 0 Å². The smallest absolute Gasteiger partial charge is 0.150 e. The highest BCUT2D eigenvalue weighted by molar-refractivity contribution is 5.75. The summed E-state index contributed by atoms with van der Waals surface area (Å²) in [4.78, 5) is 10.6. The SMILES string of the molecule is Cc1cc(C=O)ccc1Oc1ccccc1C#N. The van der Waals surface area contributed by atoms with Crippen molar-refractivity contribution in [2.24, 2.45) is 0 Å². The first-order valence-electron chi connectivity index (χ1n) is 5.47. The Morgan fingerprint density at radius 1 is 1.17 bits per heavy atom. The van der Waals surface area contributed by atoms with E-state index in [1.165, 1.54) is 0 Å². The number of aryl methyl sites for hydroxylation is 1. The zero-order chi connectivity index (χ0) is 13.0. The molecule has 0 aliphatic heterocycles. The molecular weight excluding hydrogens is 226 g/mol. The van der Waals surface area contributed by atoms with Gasteiger partial charge >= 0.3 is 0 Å². The summed E-state index contributed by atoms with van der Waals surface area (Å²) in [7, 11) is 0. The topological polar surface area (TPSA) is 50.1 Å². The van der Waals surface area contributed by atoms with E-state index in [0.29, 0.717) is 22.6 Å². The maximum Gasteiger partial charge on any atom is 0.150 e. The lowest BCUT2D eigenvalue weighted by molar-refractivity contribution is 0.112. The van der Waals surface area contributed by atoms with Crippen molar-refractivity contribution < 1.29 is 9.53 Å². The van der Waals surface area contributed by atoms with Gasteiger partial charge in [0.15, 0.2) is 0 Å². The van der Waals surface area contributed by atoms with Crippen molar-refractivity contribution >= 4 is 6.29 Å². The molecule has 0 aromatic heterocycles. The fourth-order valence-corrected chi connectivity index (χ4v) is 1.63. The number of nitriles is 1. The van der Waals surface area contributed by atoms with Gasteiger partial charge < -0.3 is 4.74 Å². The Morgan fingerprint density at radius 2 is 1.94 bits per heavy atom. The number of nitrogens with zero attached hydrogens (tertiary/aromatic N) is 1. The number of ether oxygens (including phenoxy) is 1. The van der Waals surface area contributed by atoms with Crippen molar-refractivity contribution in [2.45, 2.75) is 6.92 Å². The van der Waals surface area contributed by atoms with Gasteiger partial charge in [0.1, 0.15) is 23.9 Å². The van der Waals surface area contributed by atoms with Crippen molar-refractivity contribution in [3.63, 3.8) is 0 Å². The molecule has 0 atom stereocenters. The highest BCUT2D eigenvalue weighted by atomic mass is 16.5. The van der Waals surface area contributed by atoms with E-state index >= 15 is 0 Å². The van der Waals surface area contributed by atoms with Crippen LogP contribution in [0.1, 0.15) is 21.5 Å². The van der Waals surface area contributed by atoms with Crippen LogP contribution in [0.25, 0.3) is 0 Å². The Bertz CT molecular complexity index is 627. The Balaban J connectivity index is 2.35. The third-order valence-electron chi connectivity index (χ3n) is 2.56. The highest BCUT2D eigenvalue weighted by Crippen LogP contribution is 2.27. The number of carbonyl (C=O) groups is 1. The fraction of sp³-hybridized carbons (Fsp3) is 0.0667. The number of para-hydroxylation sites is 1. The van der Waals surface area contributed by atoms with Crippen LogP contribution >= 0.6 is 0 Å². The molecule has 0 bridgehead atoms.